The third-order valence-corrected chi connectivity index (χ3v) is 4.99. The maximum absolute atomic E-state index is 5.37. The molecule has 13 heavy (non-hydrogen) atoms. The Kier molecular flexibility index (Phi) is 2.69. The third-order valence-electron chi connectivity index (χ3n) is 1.90. The van der Waals surface area contributed by atoms with E-state index < -0.39 is 0 Å². The fourth-order valence-electron chi connectivity index (χ4n) is 1.28. The van der Waals surface area contributed by atoms with Gasteiger partial charge in [-0.2, -0.15) is 16.7 Å². The van der Waals surface area contributed by atoms with Crippen molar-refractivity contribution in [3.05, 3.63) is 5.82 Å². The summed E-state index contributed by atoms with van der Waals surface area (Å²) in [6, 6.07) is 0.165. The first-order valence-corrected chi connectivity index (χ1v) is 6.19. The molecule has 2 N–H and O–H groups in total. The molecule has 1 saturated heterocycles. The minimum Gasteiger partial charge on any atom is -0.351 e. The van der Waals surface area contributed by atoms with Crippen molar-refractivity contribution in [3.8, 4) is 0 Å². The fourth-order valence-corrected chi connectivity index (χ4v) is 3.96. The van der Waals surface area contributed by atoms with Gasteiger partial charge >= 0.3 is 6.01 Å². The predicted octanol–water partition coefficient (Wildman–Crippen LogP) is 1.56. The summed E-state index contributed by atoms with van der Waals surface area (Å²) in [5, 5.41) is 4.72. The van der Waals surface area contributed by atoms with Gasteiger partial charge in [0.1, 0.15) is 0 Å². The van der Waals surface area contributed by atoms with E-state index in [2.05, 4.69) is 17.1 Å². The first kappa shape index (κ1) is 9.21. The average Bonchev–Trinajstić information content (AvgIpc) is 2.53. The second kappa shape index (κ2) is 3.79. The number of aromatic nitrogens is 2. The molecule has 0 bridgehead atoms. The molecule has 2 heterocycles. The molecule has 1 aromatic heterocycles. The summed E-state index contributed by atoms with van der Waals surface area (Å²) in [4.78, 5) is 4.05. The number of anilines is 1. The Balaban J connectivity index is 2.14. The van der Waals surface area contributed by atoms with Gasteiger partial charge in [0.2, 0.25) is 0 Å². The summed E-state index contributed by atoms with van der Waals surface area (Å²) in [5.74, 6) is 3.09. The number of hydrogen-bond acceptors (Lipinski definition) is 6. The van der Waals surface area contributed by atoms with E-state index >= 15 is 0 Å². The molecule has 2 rings (SSSR count). The van der Waals surface area contributed by atoms with Gasteiger partial charge in [-0.15, -0.1) is 11.8 Å². The van der Waals surface area contributed by atoms with Gasteiger partial charge < -0.3 is 10.3 Å². The Bertz CT molecular complexity index is 291. The molecule has 6 heteroatoms. The van der Waals surface area contributed by atoms with E-state index in [4.69, 9.17) is 10.3 Å². The van der Waals surface area contributed by atoms with Crippen molar-refractivity contribution in [1.29, 1.82) is 0 Å². The van der Waals surface area contributed by atoms with Crippen LogP contribution in [0.4, 0.5) is 6.01 Å². The van der Waals surface area contributed by atoms with Crippen LogP contribution in [0.3, 0.4) is 0 Å². The molecule has 2 unspecified atom stereocenters. The molecule has 0 aliphatic carbocycles. The van der Waals surface area contributed by atoms with Crippen molar-refractivity contribution in [2.75, 3.05) is 17.2 Å². The molecule has 1 aromatic rings. The van der Waals surface area contributed by atoms with E-state index in [9.17, 15) is 0 Å². The van der Waals surface area contributed by atoms with E-state index in [1.165, 1.54) is 5.75 Å². The summed E-state index contributed by atoms with van der Waals surface area (Å²) in [5.41, 5.74) is 5.37. The number of nitrogens with two attached hydrogens (primary N) is 1. The van der Waals surface area contributed by atoms with Crippen LogP contribution in [0.25, 0.3) is 0 Å². The smallest absolute Gasteiger partial charge is 0.318 e. The van der Waals surface area contributed by atoms with Crippen molar-refractivity contribution in [2.45, 2.75) is 17.4 Å². The topological polar surface area (TPSA) is 64.9 Å². The molecule has 0 amide bonds. The van der Waals surface area contributed by atoms with Gasteiger partial charge in [-0.25, -0.2) is 0 Å². The van der Waals surface area contributed by atoms with Crippen LogP contribution in [-0.2, 0) is 0 Å². The molecule has 0 spiro atoms. The molecule has 0 saturated carbocycles. The van der Waals surface area contributed by atoms with Crippen LogP contribution in [-0.4, -0.2) is 26.9 Å². The molecule has 1 fully saturated rings. The fraction of sp³-hybridized carbons (Fsp3) is 0.714. The Morgan fingerprint density at radius 1 is 1.46 bits per heavy atom. The normalized spacial score (nSPS) is 29.0. The summed E-state index contributed by atoms with van der Waals surface area (Å²) in [7, 11) is 0. The van der Waals surface area contributed by atoms with Crippen LogP contribution in [0.15, 0.2) is 4.52 Å². The predicted molar refractivity (Wildman–Crippen MR) is 55.8 cm³/mol. The Labute approximate surface area is 85.0 Å². The number of nitrogen functional groups attached to an aromatic ring is 1. The largest absolute Gasteiger partial charge is 0.351 e. The monoisotopic (exact) mass is 217 g/mol. The zero-order valence-corrected chi connectivity index (χ0v) is 8.90. The first-order chi connectivity index (χ1) is 6.27. The maximum atomic E-state index is 5.37. The molecule has 1 aliphatic rings. The van der Waals surface area contributed by atoms with Gasteiger partial charge in [0, 0.05) is 16.8 Å². The molecular weight excluding hydrogens is 206 g/mol. The second-order valence-electron chi connectivity index (χ2n) is 2.86. The van der Waals surface area contributed by atoms with Crippen molar-refractivity contribution < 1.29 is 4.52 Å². The minimum absolute atomic E-state index is 0.165. The SMILES string of the molecule is CC1SCCSC1c1noc(N)n1. The van der Waals surface area contributed by atoms with Crippen molar-refractivity contribution in [3.63, 3.8) is 0 Å². The van der Waals surface area contributed by atoms with Gasteiger partial charge in [0.25, 0.3) is 0 Å². The molecule has 4 nitrogen and oxygen atoms in total. The third kappa shape index (κ3) is 1.94. The van der Waals surface area contributed by atoms with Crippen LogP contribution < -0.4 is 5.73 Å². The standard InChI is InChI=1S/C7H11N3OS2/c1-4-5(13-3-2-12-4)6-9-7(8)11-10-6/h4-5H,2-3H2,1H3,(H2,8,9,10). The second-order valence-corrected chi connectivity index (χ2v) is 5.59. The zero-order chi connectivity index (χ0) is 9.26. The lowest BCUT2D eigenvalue weighted by Gasteiger charge is -2.24. The molecule has 0 aromatic carbocycles. The zero-order valence-electron chi connectivity index (χ0n) is 7.27. The lowest BCUT2D eigenvalue weighted by Crippen LogP contribution is -2.16. The summed E-state index contributed by atoms with van der Waals surface area (Å²) < 4.78 is 4.76. The number of rotatable bonds is 1. The summed E-state index contributed by atoms with van der Waals surface area (Å²) in [6.45, 7) is 2.19. The highest BCUT2D eigenvalue weighted by atomic mass is 32.2. The van der Waals surface area contributed by atoms with Crippen LogP contribution in [0.2, 0.25) is 0 Å². The lowest BCUT2D eigenvalue weighted by atomic mass is 10.3. The van der Waals surface area contributed by atoms with Gasteiger partial charge in [0.05, 0.1) is 5.25 Å². The minimum atomic E-state index is 0.165. The van der Waals surface area contributed by atoms with Crippen LogP contribution in [0.5, 0.6) is 0 Å². The lowest BCUT2D eigenvalue weighted by molar-refractivity contribution is 0.426. The van der Waals surface area contributed by atoms with E-state index in [0.717, 1.165) is 11.6 Å². The average molecular weight is 217 g/mol. The first-order valence-electron chi connectivity index (χ1n) is 4.09. The van der Waals surface area contributed by atoms with E-state index in [1.807, 2.05) is 23.5 Å². The van der Waals surface area contributed by atoms with E-state index in [1.54, 1.807) is 0 Å². The van der Waals surface area contributed by atoms with Gasteiger partial charge in [-0.05, 0) is 0 Å². The Morgan fingerprint density at radius 3 is 2.85 bits per heavy atom. The van der Waals surface area contributed by atoms with Gasteiger partial charge in [0.15, 0.2) is 5.82 Å². The van der Waals surface area contributed by atoms with Crippen molar-refractivity contribution >= 4 is 29.5 Å². The van der Waals surface area contributed by atoms with Crippen LogP contribution >= 0.6 is 23.5 Å². The summed E-state index contributed by atoms with van der Waals surface area (Å²) in [6.07, 6.45) is 0. The highest BCUT2D eigenvalue weighted by molar-refractivity contribution is 8.06. The Morgan fingerprint density at radius 2 is 2.23 bits per heavy atom. The molecule has 2 atom stereocenters. The maximum Gasteiger partial charge on any atom is 0.318 e. The molecule has 1 aliphatic heterocycles. The van der Waals surface area contributed by atoms with Crippen LogP contribution in [0.1, 0.15) is 18.0 Å². The van der Waals surface area contributed by atoms with Gasteiger partial charge in [-0.3, -0.25) is 0 Å². The highest BCUT2D eigenvalue weighted by Crippen LogP contribution is 2.41. The summed E-state index contributed by atoms with van der Waals surface area (Å²) >= 11 is 3.82. The number of hydrogen-bond donors (Lipinski definition) is 1. The molecule has 0 radical (unpaired) electrons. The van der Waals surface area contributed by atoms with Crippen molar-refractivity contribution in [1.82, 2.24) is 10.1 Å². The van der Waals surface area contributed by atoms with Crippen molar-refractivity contribution in [2.24, 2.45) is 0 Å². The Hall–Kier alpha value is -0.360. The van der Waals surface area contributed by atoms with E-state index in [0.29, 0.717) is 10.5 Å². The molecule has 72 valence electrons. The quantitative estimate of drug-likeness (QED) is 0.770. The number of nitrogens with zero attached hydrogens (tertiary/aromatic N) is 2. The highest BCUT2D eigenvalue weighted by Gasteiger charge is 2.27. The van der Waals surface area contributed by atoms with Gasteiger partial charge in [-0.1, -0.05) is 12.1 Å². The van der Waals surface area contributed by atoms with E-state index in [-0.39, 0.29) is 6.01 Å². The molecular formula is C7H11N3OS2. The van der Waals surface area contributed by atoms with Crippen LogP contribution in [0, 0.1) is 0 Å². The number of thioether (sulfide) groups is 2.